The van der Waals surface area contributed by atoms with Crippen LogP contribution in [0.25, 0.3) is 0 Å². The van der Waals surface area contributed by atoms with Crippen LogP contribution in [0.4, 0.5) is 5.69 Å². The van der Waals surface area contributed by atoms with Gasteiger partial charge in [0.1, 0.15) is 0 Å². The first-order chi connectivity index (χ1) is 11.1. The third kappa shape index (κ3) is 3.47. The number of benzene rings is 1. The van der Waals surface area contributed by atoms with E-state index in [0.29, 0.717) is 38.6 Å². The van der Waals surface area contributed by atoms with E-state index in [9.17, 15) is 4.79 Å². The number of carbonyl (C=O) groups is 1. The zero-order valence-electron chi connectivity index (χ0n) is 13.3. The van der Waals surface area contributed by atoms with Gasteiger partial charge in [-0.25, -0.2) is 0 Å². The van der Waals surface area contributed by atoms with Crippen LogP contribution in [-0.2, 0) is 22.4 Å². The van der Waals surface area contributed by atoms with Crippen LogP contribution < -0.4 is 16.8 Å². The molecular formula is C17H24N4O2. The average molecular weight is 316 g/mol. The molecule has 0 bridgehead atoms. The Bertz CT molecular complexity index is 621. The number of nitrogens with one attached hydrogen (secondary N) is 1. The maximum atomic E-state index is 11.8. The Morgan fingerprint density at radius 3 is 2.70 bits per heavy atom. The highest BCUT2D eigenvalue weighted by molar-refractivity contribution is 5.92. The van der Waals surface area contributed by atoms with Crippen molar-refractivity contribution < 1.29 is 9.53 Å². The van der Waals surface area contributed by atoms with Gasteiger partial charge in [-0.1, -0.05) is 6.07 Å². The van der Waals surface area contributed by atoms with Crippen LogP contribution in [0.5, 0.6) is 0 Å². The fourth-order valence-corrected chi connectivity index (χ4v) is 3.32. The molecular weight excluding hydrogens is 292 g/mol. The smallest absolute Gasteiger partial charge is 0.225 e. The number of guanidine groups is 1. The summed E-state index contributed by atoms with van der Waals surface area (Å²) in [5.74, 6) is -0.00931. The van der Waals surface area contributed by atoms with Crippen molar-refractivity contribution >= 4 is 17.6 Å². The second-order valence-electron chi connectivity index (χ2n) is 6.42. The van der Waals surface area contributed by atoms with Crippen molar-refractivity contribution in [3.05, 3.63) is 29.3 Å². The van der Waals surface area contributed by atoms with Crippen molar-refractivity contribution in [1.82, 2.24) is 0 Å². The number of anilines is 1. The molecule has 2 aliphatic rings. The fraction of sp³-hybridized carbons (Fsp3) is 0.529. The molecule has 1 heterocycles. The normalized spacial score (nSPS) is 20.1. The molecule has 0 aromatic heterocycles. The van der Waals surface area contributed by atoms with Crippen LogP contribution >= 0.6 is 0 Å². The molecule has 0 atom stereocenters. The third-order valence-electron chi connectivity index (χ3n) is 4.90. The zero-order chi connectivity index (χ0) is 16.3. The SMILES string of the molecule is NC(=O)C1(CN=C(N)Nc2ccc3c(c2)CCC3)CCOCC1. The molecule has 1 aliphatic carbocycles. The Morgan fingerprint density at radius 1 is 1.22 bits per heavy atom. The predicted octanol–water partition coefficient (Wildman–Crippen LogP) is 1.18. The average Bonchev–Trinajstić information content (AvgIpc) is 3.01. The summed E-state index contributed by atoms with van der Waals surface area (Å²) in [6.45, 7) is 1.38. The summed E-state index contributed by atoms with van der Waals surface area (Å²) in [6, 6.07) is 6.29. The molecule has 1 saturated heterocycles. The Hall–Kier alpha value is -2.08. The summed E-state index contributed by atoms with van der Waals surface area (Å²) in [4.78, 5) is 16.2. The molecule has 0 radical (unpaired) electrons. The van der Waals surface area contributed by atoms with Gasteiger partial charge in [0, 0.05) is 18.9 Å². The van der Waals surface area contributed by atoms with E-state index in [1.54, 1.807) is 0 Å². The largest absolute Gasteiger partial charge is 0.381 e. The lowest BCUT2D eigenvalue weighted by atomic mass is 9.79. The van der Waals surface area contributed by atoms with Crippen LogP contribution in [0.3, 0.4) is 0 Å². The van der Waals surface area contributed by atoms with E-state index in [1.807, 2.05) is 6.07 Å². The Labute approximate surface area is 136 Å². The number of nitrogens with two attached hydrogens (primary N) is 2. The van der Waals surface area contributed by atoms with Crippen LogP contribution in [0.2, 0.25) is 0 Å². The lowest BCUT2D eigenvalue weighted by molar-refractivity contribution is -0.132. The first-order valence-corrected chi connectivity index (χ1v) is 8.15. The monoisotopic (exact) mass is 316 g/mol. The van der Waals surface area contributed by atoms with Gasteiger partial charge < -0.3 is 21.5 Å². The van der Waals surface area contributed by atoms with Gasteiger partial charge >= 0.3 is 0 Å². The van der Waals surface area contributed by atoms with Crippen LogP contribution in [0.1, 0.15) is 30.4 Å². The molecule has 23 heavy (non-hydrogen) atoms. The Kier molecular flexibility index (Phi) is 4.52. The van der Waals surface area contributed by atoms with Crippen molar-refractivity contribution in [3.63, 3.8) is 0 Å². The van der Waals surface area contributed by atoms with Gasteiger partial charge in [0.05, 0.1) is 12.0 Å². The van der Waals surface area contributed by atoms with Gasteiger partial charge in [0.25, 0.3) is 0 Å². The molecule has 5 N–H and O–H groups in total. The number of rotatable bonds is 4. The second kappa shape index (κ2) is 6.58. The second-order valence-corrected chi connectivity index (χ2v) is 6.42. The standard InChI is InChI=1S/C17H24N4O2/c18-15(22)17(6-8-23-9-7-17)11-20-16(19)21-14-5-4-12-2-1-3-13(12)10-14/h4-5,10H,1-3,6-9,11H2,(H2,18,22)(H3,19,20,21). The third-order valence-corrected chi connectivity index (χ3v) is 4.90. The first-order valence-electron chi connectivity index (χ1n) is 8.15. The number of carbonyl (C=O) groups excluding carboxylic acids is 1. The maximum absolute atomic E-state index is 11.8. The minimum atomic E-state index is -0.636. The summed E-state index contributed by atoms with van der Waals surface area (Å²) in [5, 5.41) is 3.11. The number of nitrogens with zero attached hydrogens (tertiary/aromatic N) is 1. The topological polar surface area (TPSA) is 103 Å². The molecule has 1 aromatic carbocycles. The van der Waals surface area contributed by atoms with Crippen LogP contribution in [-0.4, -0.2) is 31.6 Å². The van der Waals surface area contributed by atoms with E-state index in [0.717, 1.165) is 18.5 Å². The zero-order valence-corrected chi connectivity index (χ0v) is 13.3. The molecule has 1 amide bonds. The van der Waals surface area contributed by atoms with Gasteiger partial charge in [-0.3, -0.25) is 9.79 Å². The molecule has 3 rings (SSSR count). The number of hydrogen-bond donors (Lipinski definition) is 3. The molecule has 0 unspecified atom stereocenters. The molecule has 6 heteroatoms. The van der Waals surface area contributed by atoms with Gasteiger partial charge in [-0.05, 0) is 55.4 Å². The predicted molar refractivity (Wildman–Crippen MR) is 90.3 cm³/mol. The lowest BCUT2D eigenvalue weighted by Gasteiger charge is -2.32. The van der Waals surface area contributed by atoms with E-state index in [4.69, 9.17) is 16.2 Å². The number of hydrogen-bond acceptors (Lipinski definition) is 3. The van der Waals surface area contributed by atoms with Gasteiger partial charge in [-0.15, -0.1) is 0 Å². The molecule has 124 valence electrons. The number of aliphatic imine (C=N–C) groups is 1. The van der Waals surface area contributed by atoms with Gasteiger partial charge in [-0.2, -0.15) is 0 Å². The van der Waals surface area contributed by atoms with Crippen molar-refractivity contribution in [1.29, 1.82) is 0 Å². The van der Waals surface area contributed by atoms with Gasteiger partial charge in [0.15, 0.2) is 5.96 Å². The lowest BCUT2D eigenvalue weighted by Crippen LogP contribution is -2.44. The molecule has 6 nitrogen and oxygen atoms in total. The summed E-state index contributed by atoms with van der Waals surface area (Å²) in [6.07, 6.45) is 4.68. The number of amides is 1. The summed E-state index contributed by atoms with van der Waals surface area (Å²) in [7, 11) is 0. The molecule has 1 aromatic rings. The number of aryl methyl sites for hydroxylation is 2. The molecule has 0 spiro atoms. The molecule has 1 fully saturated rings. The number of primary amides is 1. The highest BCUT2D eigenvalue weighted by atomic mass is 16.5. The summed E-state index contributed by atoms with van der Waals surface area (Å²) >= 11 is 0. The van der Waals surface area contributed by atoms with Gasteiger partial charge in [0.2, 0.25) is 5.91 Å². The summed E-state index contributed by atoms with van der Waals surface area (Å²) in [5.41, 5.74) is 14.7. The summed E-state index contributed by atoms with van der Waals surface area (Å²) < 4.78 is 5.32. The van der Waals surface area contributed by atoms with Crippen LogP contribution in [0, 0.1) is 5.41 Å². The maximum Gasteiger partial charge on any atom is 0.225 e. The number of fused-ring (bicyclic) bond motifs is 1. The molecule has 0 saturated carbocycles. The number of ether oxygens (including phenoxy) is 1. The highest BCUT2D eigenvalue weighted by Crippen LogP contribution is 2.30. The fourth-order valence-electron chi connectivity index (χ4n) is 3.32. The van der Waals surface area contributed by atoms with E-state index in [2.05, 4.69) is 22.4 Å². The van der Waals surface area contributed by atoms with Crippen molar-refractivity contribution in [2.45, 2.75) is 32.1 Å². The Morgan fingerprint density at radius 2 is 1.96 bits per heavy atom. The minimum Gasteiger partial charge on any atom is -0.381 e. The first kappa shape index (κ1) is 15.8. The highest BCUT2D eigenvalue weighted by Gasteiger charge is 2.38. The minimum absolute atomic E-state index is 0.301. The van der Waals surface area contributed by atoms with Crippen LogP contribution in [0.15, 0.2) is 23.2 Å². The van der Waals surface area contributed by atoms with E-state index >= 15 is 0 Å². The van der Waals surface area contributed by atoms with E-state index < -0.39 is 5.41 Å². The quantitative estimate of drug-likeness (QED) is 0.573. The van der Waals surface area contributed by atoms with Crippen molar-refractivity contribution in [2.75, 3.05) is 25.1 Å². The Balaban J connectivity index is 1.66. The van der Waals surface area contributed by atoms with E-state index in [1.165, 1.54) is 17.5 Å². The molecule has 1 aliphatic heterocycles. The van der Waals surface area contributed by atoms with Crippen molar-refractivity contribution in [2.24, 2.45) is 21.9 Å². The van der Waals surface area contributed by atoms with Crippen molar-refractivity contribution in [3.8, 4) is 0 Å². The van der Waals surface area contributed by atoms with E-state index in [-0.39, 0.29) is 5.91 Å².